The molecule has 0 bridgehead atoms. The van der Waals surface area contributed by atoms with Crippen molar-refractivity contribution in [2.75, 3.05) is 19.1 Å². The number of fused-ring (bicyclic) bond motifs is 1. The minimum atomic E-state index is -3.67. The Morgan fingerprint density at radius 3 is 2.49 bits per heavy atom. The standard InChI is InChI=1S/C24H24ClN3O5S2/c1-15(2)27(3)35(30,31)18-9-7-16(8-10-18)23(29)28(14-17-6-5-13-33-17)24-26-21-20(32-4)12-11-19(25)22(21)34-24/h5-13,15H,14H2,1-4H3. The second-order valence-corrected chi connectivity index (χ2v) is 11.4. The van der Waals surface area contributed by atoms with Gasteiger partial charge in [0, 0.05) is 18.7 Å². The molecule has 0 saturated heterocycles. The van der Waals surface area contributed by atoms with E-state index in [1.165, 1.54) is 58.1 Å². The van der Waals surface area contributed by atoms with Crippen LogP contribution >= 0.6 is 22.9 Å². The third-order valence-corrected chi connectivity index (χ3v) is 9.13. The first kappa shape index (κ1) is 25.2. The maximum Gasteiger partial charge on any atom is 0.260 e. The zero-order valence-corrected chi connectivity index (χ0v) is 21.9. The molecule has 0 unspecified atom stereocenters. The number of methoxy groups -OCH3 is 1. The zero-order valence-electron chi connectivity index (χ0n) is 19.6. The van der Waals surface area contributed by atoms with Gasteiger partial charge < -0.3 is 9.15 Å². The Bertz CT molecular complexity index is 1450. The number of amides is 1. The van der Waals surface area contributed by atoms with Gasteiger partial charge in [-0.15, -0.1) is 0 Å². The Morgan fingerprint density at radius 1 is 1.17 bits per heavy atom. The van der Waals surface area contributed by atoms with E-state index >= 15 is 0 Å². The summed E-state index contributed by atoms with van der Waals surface area (Å²) in [7, 11) is -0.603. The Hall–Kier alpha value is -2.92. The van der Waals surface area contributed by atoms with Gasteiger partial charge in [-0.3, -0.25) is 9.69 Å². The number of furan rings is 1. The highest BCUT2D eigenvalue weighted by Crippen LogP contribution is 2.39. The Labute approximate surface area is 212 Å². The molecule has 1 amide bonds. The molecule has 0 N–H and O–H groups in total. The van der Waals surface area contributed by atoms with Gasteiger partial charge in [-0.05, 0) is 62.4 Å². The highest BCUT2D eigenvalue weighted by Gasteiger charge is 2.26. The summed E-state index contributed by atoms with van der Waals surface area (Å²) in [6.07, 6.45) is 1.53. The van der Waals surface area contributed by atoms with E-state index in [0.717, 1.165) is 0 Å². The van der Waals surface area contributed by atoms with Gasteiger partial charge in [0.15, 0.2) is 5.13 Å². The van der Waals surface area contributed by atoms with Crippen LogP contribution in [0.4, 0.5) is 5.13 Å². The van der Waals surface area contributed by atoms with Crippen molar-refractivity contribution in [1.29, 1.82) is 0 Å². The first-order valence-corrected chi connectivity index (χ1v) is 13.3. The average molecular weight is 534 g/mol. The molecule has 0 aliphatic carbocycles. The second kappa shape index (κ2) is 9.98. The molecule has 35 heavy (non-hydrogen) atoms. The molecular formula is C24H24ClN3O5S2. The van der Waals surface area contributed by atoms with Gasteiger partial charge in [0.05, 0.1) is 34.5 Å². The van der Waals surface area contributed by atoms with Crippen LogP contribution in [0.5, 0.6) is 5.75 Å². The lowest BCUT2D eigenvalue weighted by Gasteiger charge is -2.21. The first-order valence-electron chi connectivity index (χ1n) is 10.7. The fraction of sp³-hybridized carbons (Fsp3) is 0.250. The van der Waals surface area contributed by atoms with Crippen LogP contribution in [-0.4, -0.2) is 43.8 Å². The number of sulfonamides is 1. The normalized spacial score (nSPS) is 12.0. The number of anilines is 1. The van der Waals surface area contributed by atoms with Gasteiger partial charge >= 0.3 is 0 Å². The van der Waals surface area contributed by atoms with E-state index < -0.39 is 10.0 Å². The van der Waals surface area contributed by atoms with Crippen LogP contribution in [0.2, 0.25) is 5.02 Å². The molecule has 0 spiro atoms. The van der Waals surface area contributed by atoms with Gasteiger partial charge in [0.25, 0.3) is 5.91 Å². The molecule has 11 heteroatoms. The van der Waals surface area contributed by atoms with E-state index in [1.54, 1.807) is 45.2 Å². The monoisotopic (exact) mass is 533 g/mol. The van der Waals surface area contributed by atoms with Gasteiger partial charge in [0.2, 0.25) is 10.0 Å². The fourth-order valence-corrected chi connectivity index (χ4v) is 6.00. The molecule has 4 aromatic rings. The van der Waals surface area contributed by atoms with Crippen molar-refractivity contribution in [3.8, 4) is 5.75 Å². The van der Waals surface area contributed by atoms with E-state index in [1.807, 2.05) is 0 Å². The molecule has 2 heterocycles. The molecule has 0 fully saturated rings. The summed E-state index contributed by atoms with van der Waals surface area (Å²) in [5, 5.41) is 0.905. The van der Waals surface area contributed by atoms with Crippen molar-refractivity contribution in [3.63, 3.8) is 0 Å². The number of hydrogen-bond acceptors (Lipinski definition) is 7. The minimum Gasteiger partial charge on any atom is -0.494 e. The second-order valence-electron chi connectivity index (χ2n) is 8.03. The quantitative estimate of drug-likeness (QED) is 0.300. The lowest BCUT2D eigenvalue weighted by atomic mass is 10.2. The summed E-state index contributed by atoms with van der Waals surface area (Å²) in [5.41, 5.74) is 0.857. The van der Waals surface area contributed by atoms with E-state index in [4.69, 9.17) is 20.8 Å². The number of nitrogens with zero attached hydrogens (tertiary/aromatic N) is 3. The number of rotatable bonds is 8. The molecule has 0 saturated carbocycles. The van der Waals surface area contributed by atoms with Crippen LogP contribution in [0.25, 0.3) is 10.2 Å². The summed E-state index contributed by atoms with van der Waals surface area (Å²) in [4.78, 5) is 19.8. The highest BCUT2D eigenvalue weighted by atomic mass is 35.5. The molecule has 0 atom stereocenters. The minimum absolute atomic E-state index is 0.110. The van der Waals surface area contributed by atoms with E-state index in [-0.39, 0.29) is 23.4 Å². The topological polar surface area (TPSA) is 92.9 Å². The number of carbonyl (C=O) groups excluding carboxylic acids is 1. The summed E-state index contributed by atoms with van der Waals surface area (Å²) in [6.45, 7) is 3.71. The van der Waals surface area contributed by atoms with Crippen molar-refractivity contribution in [2.24, 2.45) is 0 Å². The maximum absolute atomic E-state index is 13.6. The van der Waals surface area contributed by atoms with Gasteiger partial charge in [0.1, 0.15) is 17.0 Å². The Morgan fingerprint density at radius 2 is 1.89 bits per heavy atom. The van der Waals surface area contributed by atoms with Crippen molar-refractivity contribution in [2.45, 2.75) is 31.3 Å². The van der Waals surface area contributed by atoms with Crippen LogP contribution in [0.15, 0.2) is 64.1 Å². The van der Waals surface area contributed by atoms with Crippen LogP contribution in [0, 0.1) is 0 Å². The van der Waals surface area contributed by atoms with Gasteiger partial charge in [-0.1, -0.05) is 22.9 Å². The lowest BCUT2D eigenvalue weighted by Crippen LogP contribution is -2.33. The van der Waals surface area contributed by atoms with E-state index in [0.29, 0.717) is 37.4 Å². The first-order chi connectivity index (χ1) is 16.6. The number of thiazole rings is 1. The van der Waals surface area contributed by atoms with Crippen molar-refractivity contribution in [1.82, 2.24) is 9.29 Å². The number of carbonyl (C=O) groups is 1. The van der Waals surface area contributed by atoms with Crippen molar-refractivity contribution in [3.05, 3.63) is 71.1 Å². The number of halogens is 1. The lowest BCUT2D eigenvalue weighted by molar-refractivity contribution is 0.0983. The number of benzene rings is 2. The smallest absolute Gasteiger partial charge is 0.260 e. The summed E-state index contributed by atoms with van der Waals surface area (Å²) in [5.74, 6) is 0.742. The molecule has 4 rings (SSSR count). The van der Waals surface area contributed by atoms with Crippen molar-refractivity contribution >= 4 is 54.2 Å². The molecule has 184 valence electrons. The van der Waals surface area contributed by atoms with Crippen LogP contribution in [-0.2, 0) is 16.6 Å². The number of ether oxygens (including phenoxy) is 1. The largest absolute Gasteiger partial charge is 0.494 e. The maximum atomic E-state index is 13.6. The summed E-state index contributed by atoms with van der Waals surface area (Å²) < 4.78 is 38.5. The van der Waals surface area contributed by atoms with Crippen LogP contribution < -0.4 is 9.64 Å². The van der Waals surface area contributed by atoms with E-state index in [2.05, 4.69) is 4.98 Å². The molecule has 0 radical (unpaired) electrons. The zero-order chi connectivity index (χ0) is 25.3. The van der Waals surface area contributed by atoms with Crippen molar-refractivity contribution < 1.29 is 22.4 Å². The van der Waals surface area contributed by atoms with Gasteiger partial charge in [-0.25, -0.2) is 13.4 Å². The third-order valence-electron chi connectivity index (χ3n) is 5.54. The molecular weight excluding hydrogens is 510 g/mol. The average Bonchev–Trinajstić information content (AvgIpc) is 3.52. The summed E-state index contributed by atoms with van der Waals surface area (Å²) in [6, 6.07) is 12.6. The Kier molecular flexibility index (Phi) is 7.18. The SMILES string of the molecule is COc1ccc(Cl)c2sc(N(Cc3ccco3)C(=O)c3ccc(S(=O)(=O)N(C)C(C)C)cc3)nc12. The molecule has 8 nitrogen and oxygen atoms in total. The van der Waals surface area contributed by atoms with Crippen LogP contribution in [0.3, 0.4) is 0 Å². The molecule has 0 aliphatic heterocycles. The summed E-state index contributed by atoms with van der Waals surface area (Å²) >= 11 is 7.64. The molecule has 2 aromatic carbocycles. The number of hydrogen-bond donors (Lipinski definition) is 0. The Balaban J connectivity index is 1.73. The predicted molar refractivity (Wildman–Crippen MR) is 137 cm³/mol. The predicted octanol–water partition coefficient (Wildman–Crippen LogP) is 5.43. The fourth-order valence-electron chi connectivity index (χ4n) is 3.38. The number of aromatic nitrogens is 1. The van der Waals surface area contributed by atoms with Gasteiger partial charge in [-0.2, -0.15) is 4.31 Å². The molecule has 2 aromatic heterocycles. The van der Waals surface area contributed by atoms with Crippen LogP contribution in [0.1, 0.15) is 30.0 Å². The third kappa shape index (κ3) is 4.92. The molecule has 0 aliphatic rings. The highest BCUT2D eigenvalue weighted by molar-refractivity contribution is 7.89. The van der Waals surface area contributed by atoms with E-state index in [9.17, 15) is 13.2 Å².